The van der Waals surface area contributed by atoms with Crippen molar-refractivity contribution in [2.24, 2.45) is 0 Å². The lowest BCUT2D eigenvalue weighted by molar-refractivity contribution is 0.0572. The van der Waals surface area contributed by atoms with Crippen LogP contribution in [0.4, 0.5) is 5.95 Å². The minimum Gasteiger partial charge on any atom is -0.388 e. The molecule has 0 saturated carbocycles. The molecule has 2 heterocycles. The number of rotatable bonds is 1. The van der Waals surface area contributed by atoms with Crippen LogP contribution in [0.2, 0.25) is 0 Å². The van der Waals surface area contributed by atoms with E-state index in [4.69, 9.17) is 0 Å². The second-order valence-electron chi connectivity index (χ2n) is 4.14. The first-order valence-corrected chi connectivity index (χ1v) is 5.44. The maximum Gasteiger partial charge on any atom is 0.246 e. The van der Waals surface area contributed by atoms with Gasteiger partial charge in [0.25, 0.3) is 0 Å². The van der Waals surface area contributed by atoms with Crippen molar-refractivity contribution >= 4 is 17.0 Å². The molecule has 88 valence electrons. The number of para-hydroxylation sites is 1. The second-order valence-corrected chi connectivity index (χ2v) is 4.14. The van der Waals surface area contributed by atoms with Gasteiger partial charge in [0, 0.05) is 13.1 Å². The van der Waals surface area contributed by atoms with Crippen molar-refractivity contribution in [2.75, 3.05) is 18.0 Å². The molecule has 2 unspecified atom stereocenters. The highest BCUT2D eigenvalue weighted by atomic mass is 16.3. The van der Waals surface area contributed by atoms with Crippen LogP contribution in [-0.2, 0) is 0 Å². The molecule has 0 aliphatic carbocycles. The number of anilines is 1. The highest BCUT2D eigenvalue weighted by Crippen LogP contribution is 2.17. The topological polar surface area (TPSA) is 82.4 Å². The van der Waals surface area contributed by atoms with Gasteiger partial charge < -0.3 is 15.1 Å². The molecule has 0 bridgehead atoms. The van der Waals surface area contributed by atoms with Crippen LogP contribution in [0.15, 0.2) is 24.3 Å². The summed E-state index contributed by atoms with van der Waals surface area (Å²) < 4.78 is 0. The van der Waals surface area contributed by atoms with Gasteiger partial charge in [-0.3, -0.25) is 0 Å². The average molecular weight is 232 g/mol. The predicted molar refractivity (Wildman–Crippen MR) is 61.6 cm³/mol. The van der Waals surface area contributed by atoms with Crippen molar-refractivity contribution in [3.05, 3.63) is 24.3 Å². The third-order valence-corrected chi connectivity index (χ3v) is 2.89. The van der Waals surface area contributed by atoms with Crippen LogP contribution >= 0.6 is 0 Å². The Morgan fingerprint density at radius 3 is 2.35 bits per heavy atom. The molecule has 0 radical (unpaired) electrons. The zero-order valence-corrected chi connectivity index (χ0v) is 9.06. The fourth-order valence-electron chi connectivity index (χ4n) is 1.94. The maximum atomic E-state index is 9.48. The zero-order valence-electron chi connectivity index (χ0n) is 9.06. The number of aliphatic hydroxyl groups excluding tert-OH is 2. The van der Waals surface area contributed by atoms with Crippen molar-refractivity contribution in [2.45, 2.75) is 12.2 Å². The Bertz CT molecular complexity index is 538. The Morgan fingerprint density at radius 2 is 1.65 bits per heavy atom. The summed E-state index contributed by atoms with van der Waals surface area (Å²) in [6, 6.07) is 7.46. The van der Waals surface area contributed by atoms with Gasteiger partial charge in [-0.15, -0.1) is 10.2 Å². The monoisotopic (exact) mass is 232 g/mol. The summed E-state index contributed by atoms with van der Waals surface area (Å²) in [5.74, 6) is 0.444. The summed E-state index contributed by atoms with van der Waals surface area (Å²) in [4.78, 5) is 6.09. The molecule has 2 N–H and O–H groups in total. The van der Waals surface area contributed by atoms with Gasteiger partial charge in [0.15, 0.2) is 0 Å². The van der Waals surface area contributed by atoms with E-state index in [1.807, 2.05) is 24.3 Å². The van der Waals surface area contributed by atoms with Crippen LogP contribution in [0.25, 0.3) is 11.0 Å². The minimum atomic E-state index is -0.745. The summed E-state index contributed by atoms with van der Waals surface area (Å²) in [5, 5.41) is 27.0. The Morgan fingerprint density at radius 1 is 1.00 bits per heavy atom. The van der Waals surface area contributed by atoms with E-state index in [9.17, 15) is 10.2 Å². The number of nitrogens with zero attached hydrogens (tertiary/aromatic N) is 4. The number of hydrogen-bond acceptors (Lipinski definition) is 6. The van der Waals surface area contributed by atoms with E-state index in [0.29, 0.717) is 19.0 Å². The quantitative estimate of drug-likeness (QED) is 0.694. The van der Waals surface area contributed by atoms with Gasteiger partial charge in [0.1, 0.15) is 5.52 Å². The third kappa shape index (κ3) is 1.81. The molecule has 1 saturated heterocycles. The number of fused-ring (bicyclic) bond motifs is 1. The molecule has 1 fully saturated rings. The second kappa shape index (κ2) is 3.90. The van der Waals surface area contributed by atoms with Crippen LogP contribution in [0.5, 0.6) is 0 Å². The van der Waals surface area contributed by atoms with Gasteiger partial charge in [-0.2, -0.15) is 0 Å². The van der Waals surface area contributed by atoms with E-state index in [0.717, 1.165) is 11.0 Å². The number of benzene rings is 1. The summed E-state index contributed by atoms with van der Waals surface area (Å²) in [5.41, 5.74) is 1.49. The zero-order chi connectivity index (χ0) is 11.8. The molecule has 2 aromatic rings. The molecule has 0 spiro atoms. The summed E-state index contributed by atoms with van der Waals surface area (Å²) in [7, 11) is 0. The molecule has 6 nitrogen and oxygen atoms in total. The molecule has 1 aromatic heterocycles. The van der Waals surface area contributed by atoms with Crippen molar-refractivity contribution in [3.63, 3.8) is 0 Å². The van der Waals surface area contributed by atoms with Gasteiger partial charge in [-0.25, -0.2) is 4.98 Å². The van der Waals surface area contributed by atoms with E-state index < -0.39 is 12.2 Å². The first-order valence-electron chi connectivity index (χ1n) is 5.44. The molecule has 6 heteroatoms. The van der Waals surface area contributed by atoms with E-state index in [-0.39, 0.29) is 0 Å². The SMILES string of the molecule is OC1CN(c2nnc3ccccc3n2)CC1O. The molecule has 17 heavy (non-hydrogen) atoms. The van der Waals surface area contributed by atoms with Crippen LogP contribution in [0.3, 0.4) is 0 Å². The number of aliphatic hydroxyl groups is 2. The average Bonchev–Trinajstić information content (AvgIpc) is 2.69. The standard InChI is InChI=1S/C11H12N4O2/c16-9-5-15(6-10(9)17)11-12-7-3-1-2-4-8(7)13-14-11/h1-4,9-10,16-17H,5-6H2. The molecule has 0 amide bonds. The van der Waals surface area contributed by atoms with E-state index in [1.165, 1.54) is 0 Å². The third-order valence-electron chi connectivity index (χ3n) is 2.89. The summed E-state index contributed by atoms with van der Waals surface area (Å²) in [6.45, 7) is 0.669. The molecule has 3 rings (SSSR count). The Kier molecular flexibility index (Phi) is 2.38. The molecule has 1 aromatic carbocycles. The lowest BCUT2D eigenvalue weighted by Gasteiger charge is -2.14. The smallest absolute Gasteiger partial charge is 0.246 e. The molecular formula is C11H12N4O2. The van der Waals surface area contributed by atoms with E-state index in [2.05, 4.69) is 15.2 Å². The summed E-state index contributed by atoms with van der Waals surface area (Å²) >= 11 is 0. The molecular weight excluding hydrogens is 220 g/mol. The predicted octanol–water partition coefficient (Wildman–Crippen LogP) is -0.433. The van der Waals surface area contributed by atoms with Gasteiger partial charge in [0.2, 0.25) is 5.95 Å². The minimum absolute atomic E-state index is 0.335. The van der Waals surface area contributed by atoms with Crippen LogP contribution in [-0.4, -0.2) is 50.7 Å². The fraction of sp³-hybridized carbons (Fsp3) is 0.364. The Balaban J connectivity index is 1.96. The molecule has 1 aliphatic heterocycles. The number of β-amino-alcohol motifs (C(OH)–C–C–N with tert-alkyl or cyclic N) is 2. The molecule has 1 aliphatic rings. The van der Waals surface area contributed by atoms with Crippen molar-refractivity contribution < 1.29 is 10.2 Å². The van der Waals surface area contributed by atoms with Gasteiger partial charge in [-0.1, -0.05) is 12.1 Å². The van der Waals surface area contributed by atoms with Gasteiger partial charge >= 0.3 is 0 Å². The fourth-order valence-corrected chi connectivity index (χ4v) is 1.94. The normalized spacial score (nSPS) is 24.5. The van der Waals surface area contributed by atoms with Crippen molar-refractivity contribution in [3.8, 4) is 0 Å². The van der Waals surface area contributed by atoms with E-state index >= 15 is 0 Å². The number of hydrogen-bond donors (Lipinski definition) is 2. The van der Waals surface area contributed by atoms with Crippen LogP contribution < -0.4 is 4.90 Å². The number of aromatic nitrogens is 3. The van der Waals surface area contributed by atoms with Crippen LogP contribution in [0, 0.1) is 0 Å². The Hall–Kier alpha value is -1.79. The van der Waals surface area contributed by atoms with Gasteiger partial charge in [0.05, 0.1) is 17.7 Å². The van der Waals surface area contributed by atoms with Gasteiger partial charge in [-0.05, 0) is 12.1 Å². The molecule has 2 atom stereocenters. The lowest BCUT2D eigenvalue weighted by atomic mass is 10.3. The van der Waals surface area contributed by atoms with E-state index in [1.54, 1.807) is 4.90 Å². The Labute approximate surface area is 97.5 Å². The first kappa shape index (κ1) is 10.4. The largest absolute Gasteiger partial charge is 0.388 e. The first-order chi connectivity index (χ1) is 8.24. The maximum absolute atomic E-state index is 9.48. The highest BCUT2D eigenvalue weighted by molar-refractivity contribution is 5.74. The highest BCUT2D eigenvalue weighted by Gasteiger charge is 2.31. The van der Waals surface area contributed by atoms with Crippen LogP contribution in [0.1, 0.15) is 0 Å². The van der Waals surface area contributed by atoms with Crippen molar-refractivity contribution in [1.29, 1.82) is 0 Å². The van der Waals surface area contributed by atoms with Crippen molar-refractivity contribution in [1.82, 2.24) is 15.2 Å². The summed E-state index contributed by atoms with van der Waals surface area (Å²) in [6.07, 6.45) is -1.49. The lowest BCUT2D eigenvalue weighted by Crippen LogP contribution is -2.23.